The molecule has 0 unspecified atom stereocenters. The molecule has 0 aliphatic heterocycles. The number of nitrogens with one attached hydrogen (secondary N) is 2. The van der Waals surface area contributed by atoms with Gasteiger partial charge in [-0.2, -0.15) is 0 Å². The van der Waals surface area contributed by atoms with Crippen molar-refractivity contribution in [3.8, 4) is 0 Å². The average molecular weight is 337 g/mol. The van der Waals surface area contributed by atoms with Gasteiger partial charge in [0.25, 0.3) is 11.8 Å². The van der Waals surface area contributed by atoms with Gasteiger partial charge in [-0.05, 0) is 55.7 Å². The first-order valence-corrected chi connectivity index (χ1v) is 8.77. The van der Waals surface area contributed by atoms with E-state index in [1.165, 1.54) is 19.3 Å². The highest BCUT2D eigenvalue weighted by molar-refractivity contribution is 6.03. The molecular formula is C20H23N3O2. The molecule has 0 atom stereocenters. The zero-order valence-corrected chi connectivity index (χ0v) is 14.4. The van der Waals surface area contributed by atoms with E-state index in [-0.39, 0.29) is 17.9 Å². The Morgan fingerprint density at radius 1 is 1.04 bits per heavy atom. The van der Waals surface area contributed by atoms with Gasteiger partial charge >= 0.3 is 0 Å². The number of aryl methyl sites for hydroxylation is 1. The monoisotopic (exact) mass is 337 g/mol. The van der Waals surface area contributed by atoms with Crippen molar-refractivity contribution in [3.63, 3.8) is 0 Å². The third-order valence-electron chi connectivity index (χ3n) is 4.57. The normalized spacial score (nSPS) is 14.8. The predicted molar refractivity (Wildman–Crippen MR) is 97.7 cm³/mol. The van der Waals surface area contributed by atoms with Crippen LogP contribution in [0.5, 0.6) is 0 Å². The lowest BCUT2D eigenvalue weighted by atomic mass is 9.95. The molecule has 3 rings (SSSR count). The van der Waals surface area contributed by atoms with Crippen LogP contribution in [0.3, 0.4) is 0 Å². The number of aromatic nitrogens is 1. The van der Waals surface area contributed by atoms with Crippen molar-refractivity contribution in [2.75, 3.05) is 5.32 Å². The highest BCUT2D eigenvalue weighted by Gasteiger charge is 2.17. The standard InChI is InChI=1S/C20H23N3O2/c1-14-13-15(19(24)22-16-7-3-2-4-8-16)10-11-17(14)23-20(25)18-9-5-6-12-21-18/h5-6,9-13,16H,2-4,7-8H2,1H3,(H,22,24)(H,23,25). The second-order valence-corrected chi connectivity index (χ2v) is 6.51. The van der Waals surface area contributed by atoms with Gasteiger partial charge in [-0.1, -0.05) is 25.3 Å². The van der Waals surface area contributed by atoms with Crippen LogP contribution in [-0.4, -0.2) is 22.8 Å². The van der Waals surface area contributed by atoms with E-state index >= 15 is 0 Å². The minimum atomic E-state index is -0.261. The first-order valence-electron chi connectivity index (χ1n) is 8.77. The molecule has 0 bridgehead atoms. The summed E-state index contributed by atoms with van der Waals surface area (Å²) in [6.07, 6.45) is 7.33. The maximum absolute atomic E-state index is 12.4. The van der Waals surface area contributed by atoms with E-state index in [0.717, 1.165) is 18.4 Å². The van der Waals surface area contributed by atoms with Gasteiger partial charge in [0.05, 0.1) is 0 Å². The molecule has 0 saturated heterocycles. The van der Waals surface area contributed by atoms with Crippen LogP contribution < -0.4 is 10.6 Å². The smallest absolute Gasteiger partial charge is 0.274 e. The van der Waals surface area contributed by atoms with Crippen molar-refractivity contribution in [2.45, 2.75) is 45.1 Å². The first-order chi connectivity index (χ1) is 12.1. The third kappa shape index (κ3) is 4.44. The van der Waals surface area contributed by atoms with Crippen LogP contribution in [0, 0.1) is 6.92 Å². The quantitative estimate of drug-likeness (QED) is 0.893. The molecule has 1 aromatic heterocycles. The van der Waals surface area contributed by atoms with Crippen molar-refractivity contribution in [2.24, 2.45) is 0 Å². The summed E-state index contributed by atoms with van der Waals surface area (Å²) in [6.45, 7) is 1.88. The summed E-state index contributed by atoms with van der Waals surface area (Å²) in [6, 6.07) is 10.8. The summed E-state index contributed by atoms with van der Waals surface area (Å²) in [5, 5.41) is 5.95. The Morgan fingerprint density at radius 2 is 1.84 bits per heavy atom. The van der Waals surface area contributed by atoms with E-state index in [1.54, 1.807) is 36.5 Å². The van der Waals surface area contributed by atoms with Gasteiger partial charge in [0, 0.05) is 23.5 Å². The SMILES string of the molecule is Cc1cc(C(=O)NC2CCCCC2)ccc1NC(=O)c1ccccn1. The molecule has 1 aliphatic carbocycles. The number of rotatable bonds is 4. The maximum Gasteiger partial charge on any atom is 0.274 e. The van der Waals surface area contributed by atoms with Crippen molar-refractivity contribution in [3.05, 3.63) is 59.4 Å². The van der Waals surface area contributed by atoms with Crippen molar-refractivity contribution < 1.29 is 9.59 Å². The number of amides is 2. The zero-order chi connectivity index (χ0) is 17.6. The van der Waals surface area contributed by atoms with Crippen LogP contribution in [-0.2, 0) is 0 Å². The predicted octanol–water partition coefficient (Wildman–Crippen LogP) is 3.70. The molecule has 1 aliphatic rings. The minimum Gasteiger partial charge on any atom is -0.349 e. The summed E-state index contributed by atoms with van der Waals surface area (Å²) in [4.78, 5) is 28.6. The highest BCUT2D eigenvalue weighted by Crippen LogP contribution is 2.20. The number of carbonyl (C=O) groups excluding carboxylic acids is 2. The molecule has 25 heavy (non-hydrogen) atoms. The summed E-state index contributed by atoms with van der Waals surface area (Å²) < 4.78 is 0. The second-order valence-electron chi connectivity index (χ2n) is 6.51. The Labute approximate surface area is 147 Å². The highest BCUT2D eigenvalue weighted by atomic mass is 16.2. The molecule has 0 radical (unpaired) electrons. The number of nitrogens with zero attached hydrogens (tertiary/aromatic N) is 1. The Balaban J connectivity index is 1.66. The van der Waals surface area contributed by atoms with Crippen LogP contribution in [0.15, 0.2) is 42.6 Å². The Morgan fingerprint density at radius 3 is 2.52 bits per heavy atom. The fraction of sp³-hybridized carbons (Fsp3) is 0.350. The molecule has 5 nitrogen and oxygen atoms in total. The Hall–Kier alpha value is -2.69. The summed E-state index contributed by atoms with van der Waals surface area (Å²) in [7, 11) is 0. The van der Waals surface area contributed by atoms with Gasteiger partial charge < -0.3 is 10.6 Å². The topological polar surface area (TPSA) is 71.1 Å². The van der Waals surface area contributed by atoms with E-state index in [0.29, 0.717) is 16.9 Å². The van der Waals surface area contributed by atoms with Gasteiger partial charge in [0.2, 0.25) is 0 Å². The average Bonchev–Trinajstić information content (AvgIpc) is 2.65. The molecule has 0 spiro atoms. The first kappa shape index (κ1) is 17.1. The van der Waals surface area contributed by atoms with Gasteiger partial charge in [-0.15, -0.1) is 0 Å². The third-order valence-corrected chi connectivity index (χ3v) is 4.57. The van der Waals surface area contributed by atoms with Crippen molar-refractivity contribution in [1.29, 1.82) is 0 Å². The molecule has 1 aromatic carbocycles. The van der Waals surface area contributed by atoms with Crippen LogP contribution in [0.2, 0.25) is 0 Å². The molecule has 1 fully saturated rings. The van der Waals surface area contributed by atoms with Gasteiger partial charge in [0.15, 0.2) is 0 Å². The van der Waals surface area contributed by atoms with Gasteiger partial charge in [-0.3, -0.25) is 14.6 Å². The van der Waals surface area contributed by atoms with Crippen LogP contribution in [0.4, 0.5) is 5.69 Å². The molecule has 2 aromatic rings. The lowest BCUT2D eigenvalue weighted by Gasteiger charge is -2.23. The van der Waals surface area contributed by atoms with Crippen molar-refractivity contribution in [1.82, 2.24) is 10.3 Å². The van der Waals surface area contributed by atoms with Gasteiger partial charge in [-0.25, -0.2) is 0 Å². The minimum absolute atomic E-state index is 0.0439. The summed E-state index contributed by atoms with van der Waals surface area (Å²) >= 11 is 0. The van der Waals surface area contributed by atoms with E-state index < -0.39 is 0 Å². The lowest BCUT2D eigenvalue weighted by Crippen LogP contribution is -2.36. The molecule has 1 heterocycles. The Kier molecular flexibility index (Phi) is 5.43. The summed E-state index contributed by atoms with van der Waals surface area (Å²) in [5.74, 6) is -0.305. The number of hydrogen-bond acceptors (Lipinski definition) is 3. The number of pyridine rings is 1. The fourth-order valence-corrected chi connectivity index (χ4v) is 3.14. The number of anilines is 1. The molecule has 130 valence electrons. The lowest BCUT2D eigenvalue weighted by molar-refractivity contribution is 0.0927. The largest absolute Gasteiger partial charge is 0.349 e. The summed E-state index contributed by atoms with van der Waals surface area (Å²) in [5.41, 5.74) is 2.52. The number of benzene rings is 1. The number of carbonyl (C=O) groups is 2. The van der Waals surface area contributed by atoms with E-state index in [1.807, 2.05) is 13.0 Å². The molecule has 5 heteroatoms. The second kappa shape index (κ2) is 7.92. The molecule has 2 amide bonds. The van der Waals surface area contributed by atoms with E-state index in [2.05, 4.69) is 15.6 Å². The molecule has 2 N–H and O–H groups in total. The number of hydrogen-bond donors (Lipinski definition) is 2. The van der Waals surface area contributed by atoms with E-state index in [9.17, 15) is 9.59 Å². The van der Waals surface area contributed by atoms with Gasteiger partial charge in [0.1, 0.15) is 5.69 Å². The Bertz CT molecular complexity index is 753. The van der Waals surface area contributed by atoms with E-state index in [4.69, 9.17) is 0 Å². The fourth-order valence-electron chi connectivity index (χ4n) is 3.14. The van der Waals surface area contributed by atoms with Crippen LogP contribution in [0.1, 0.15) is 58.5 Å². The molecular weight excluding hydrogens is 314 g/mol. The molecule has 1 saturated carbocycles. The zero-order valence-electron chi connectivity index (χ0n) is 14.4. The maximum atomic E-state index is 12.4. The van der Waals surface area contributed by atoms with Crippen molar-refractivity contribution >= 4 is 17.5 Å². The van der Waals surface area contributed by atoms with Crippen LogP contribution in [0.25, 0.3) is 0 Å². The van der Waals surface area contributed by atoms with Crippen LogP contribution >= 0.6 is 0 Å².